The predicted molar refractivity (Wildman–Crippen MR) is 100 cm³/mol. The summed E-state index contributed by atoms with van der Waals surface area (Å²) < 4.78 is 0. The molecule has 3 N–H and O–H groups in total. The van der Waals surface area contributed by atoms with Crippen molar-refractivity contribution in [3.05, 3.63) is 34.8 Å². The molecule has 0 aliphatic rings. The molecule has 0 saturated heterocycles. The van der Waals surface area contributed by atoms with Gasteiger partial charge in [0.25, 0.3) is 0 Å². The molecule has 24 heavy (non-hydrogen) atoms. The highest BCUT2D eigenvalue weighted by Gasteiger charge is 2.14. The molecular weight excluding hydrogens is 326 g/mol. The van der Waals surface area contributed by atoms with Gasteiger partial charge in [-0.15, -0.1) is 11.8 Å². The van der Waals surface area contributed by atoms with Crippen molar-refractivity contribution < 1.29 is 14.7 Å². The number of nitrogens with one attached hydrogen (secondary N) is 2. The number of hydrogen-bond donors (Lipinski definition) is 3. The van der Waals surface area contributed by atoms with E-state index in [2.05, 4.69) is 24.1 Å². The Balaban J connectivity index is 5.43. The van der Waals surface area contributed by atoms with Crippen molar-refractivity contribution >= 4 is 23.6 Å². The summed E-state index contributed by atoms with van der Waals surface area (Å²) in [4.78, 5) is 23.9. The second-order valence-corrected chi connectivity index (χ2v) is 6.38. The minimum absolute atomic E-state index is 0.0756. The van der Waals surface area contributed by atoms with Crippen LogP contribution in [0.2, 0.25) is 0 Å². The summed E-state index contributed by atoms with van der Waals surface area (Å²) >= 11 is 1.45. The van der Waals surface area contributed by atoms with Gasteiger partial charge in [0, 0.05) is 32.5 Å². The highest BCUT2D eigenvalue weighted by Crippen LogP contribution is 2.21. The Morgan fingerprint density at radius 1 is 1.33 bits per heavy atom. The van der Waals surface area contributed by atoms with Crippen molar-refractivity contribution in [3.63, 3.8) is 0 Å². The fourth-order valence-corrected chi connectivity index (χ4v) is 2.61. The first-order valence-corrected chi connectivity index (χ1v) is 8.87. The molecule has 0 unspecified atom stereocenters. The number of aliphatic carboxylic acids is 1. The maximum atomic E-state index is 11.6. The zero-order valence-corrected chi connectivity index (χ0v) is 16.0. The highest BCUT2D eigenvalue weighted by atomic mass is 32.2. The molecule has 0 aromatic carbocycles. The van der Waals surface area contributed by atoms with Crippen LogP contribution in [0.15, 0.2) is 34.8 Å². The summed E-state index contributed by atoms with van der Waals surface area (Å²) in [7, 11) is 3.47. The van der Waals surface area contributed by atoms with Crippen molar-refractivity contribution in [1.82, 2.24) is 15.5 Å². The molecule has 7 heteroatoms. The van der Waals surface area contributed by atoms with Gasteiger partial charge in [0.1, 0.15) is 0 Å². The van der Waals surface area contributed by atoms with Crippen LogP contribution in [0.4, 0.5) is 0 Å². The van der Waals surface area contributed by atoms with E-state index in [1.54, 1.807) is 19.0 Å². The van der Waals surface area contributed by atoms with Crippen LogP contribution in [0.3, 0.4) is 0 Å². The Hall–Kier alpha value is -1.89. The first kappa shape index (κ1) is 22.1. The van der Waals surface area contributed by atoms with Gasteiger partial charge in [-0.25, -0.2) is 0 Å². The summed E-state index contributed by atoms with van der Waals surface area (Å²) in [6.07, 6.45) is 4.00. The van der Waals surface area contributed by atoms with E-state index >= 15 is 0 Å². The number of nitrogens with zero attached hydrogens (tertiary/aromatic N) is 1. The van der Waals surface area contributed by atoms with Crippen LogP contribution in [0.25, 0.3) is 0 Å². The van der Waals surface area contributed by atoms with Crippen molar-refractivity contribution in [2.75, 3.05) is 19.8 Å². The van der Waals surface area contributed by atoms with Crippen molar-refractivity contribution in [3.8, 4) is 0 Å². The lowest BCUT2D eigenvalue weighted by molar-refractivity contribution is -0.136. The minimum atomic E-state index is -0.819. The van der Waals surface area contributed by atoms with Gasteiger partial charge in [-0.1, -0.05) is 26.0 Å². The summed E-state index contributed by atoms with van der Waals surface area (Å²) in [5, 5.41) is 16.0. The fourth-order valence-electron chi connectivity index (χ4n) is 1.71. The molecule has 6 nitrogen and oxygen atoms in total. The normalized spacial score (nSPS) is 12.3. The number of carboxylic acid groups (broad SMARTS) is 1. The van der Waals surface area contributed by atoms with Crippen LogP contribution in [-0.4, -0.2) is 41.7 Å². The van der Waals surface area contributed by atoms with Crippen LogP contribution < -0.4 is 10.6 Å². The van der Waals surface area contributed by atoms with E-state index in [4.69, 9.17) is 5.11 Å². The summed E-state index contributed by atoms with van der Waals surface area (Å²) in [6, 6.07) is 0. The van der Waals surface area contributed by atoms with Crippen LogP contribution >= 0.6 is 11.8 Å². The summed E-state index contributed by atoms with van der Waals surface area (Å²) in [6.45, 7) is 9.39. The lowest BCUT2D eigenvalue weighted by Gasteiger charge is -2.23. The molecule has 1 amide bonds. The third kappa shape index (κ3) is 8.10. The van der Waals surface area contributed by atoms with Crippen molar-refractivity contribution in [2.24, 2.45) is 0 Å². The molecule has 0 radical (unpaired) electrons. The van der Waals surface area contributed by atoms with Crippen LogP contribution in [0.5, 0.6) is 0 Å². The number of allylic oxidation sites excluding steroid dienone is 2. The van der Waals surface area contributed by atoms with Gasteiger partial charge in [-0.3, -0.25) is 9.59 Å². The molecular formula is C17H29N3O3S. The molecule has 0 aliphatic heterocycles. The largest absolute Gasteiger partial charge is 0.481 e. The second-order valence-electron chi connectivity index (χ2n) is 5.24. The number of carbonyl (C=O) groups excluding carboxylic acids is 1. The molecule has 136 valence electrons. The van der Waals surface area contributed by atoms with E-state index in [0.717, 1.165) is 23.6 Å². The van der Waals surface area contributed by atoms with Crippen molar-refractivity contribution in [2.45, 2.75) is 40.0 Å². The molecule has 0 aromatic heterocycles. The molecule has 0 atom stereocenters. The van der Waals surface area contributed by atoms with E-state index in [1.807, 2.05) is 13.0 Å². The minimum Gasteiger partial charge on any atom is -0.481 e. The number of thioether (sulfide) groups is 1. The molecule has 0 spiro atoms. The lowest BCUT2D eigenvalue weighted by Crippen LogP contribution is -2.29. The Morgan fingerprint density at radius 3 is 2.42 bits per heavy atom. The Labute approximate surface area is 149 Å². The van der Waals surface area contributed by atoms with Gasteiger partial charge in [0.2, 0.25) is 5.91 Å². The molecule has 0 bridgehead atoms. The second kappa shape index (κ2) is 11.6. The van der Waals surface area contributed by atoms with Gasteiger partial charge >= 0.3 is 5.97 Å². The SMILES string of the molecule is C=C(NC)/C(N/C(=C/CCC)SCCC(=O)O)=C(/C)N(C)C(C)=O. The molecule has 0 heterocycles. The van der Waals surface area contributed by atoms with E-state index in [0.29, 0.717) is 17.1 Å². The quantitative estimate of drug-likeness (QED) is 0.495. The Morgan fingerprint density at radius 2 is 1.96 bits per heavy atom. The highest BCUT2D eigenvalue weighted by molar-refractivity contribution is 8.03. The van der Waals surface area contributed by atoms with E-state index in [9.17, 15) is 9.59 Å². The van der Waals surface area contributed by atoms with Gasteiger partial charge in [-0.05, 0) is 13.3 Å². The van der Waals surface area contributed by atoms with E-state index < -0.39 is 5.97 Å². The molecule has 0 aromatic rings. The fraction of sp³-hybridized carbons (Fsp3) is 0.529. The van der Waals surface area contributed by atoms with E-state index in [1.165, 1.54) is 18.7 Å². The smallest absolute Gasteiger partial charge is 0.304 e. The Bertz CT molecular complexity index is 527. The van der Waals surface area contributed by atoms with Crippen LogP contribution in [0, 0.1) is 0 Å². The number of unbranched alkanes of at least 4 members (excludes halogenated alkanes) is 1. The number of rotatable bonds is 11. The summed E-state index contributed by atoms with van der Waals surface area (Å²) in [5.41, 5.74) is 2.10. The van der Waals surface area contributed by atoms with Crippen LogP contribution in [-0.2, 0) is 9.59 Å². The topological polar surface area (TPSA) is 81.7 Å². The lowest BCUT2D eigenvalue weighted by atomic mass is 10.2. The standard InChI is InChI=1S/C17H29N3O3S/c1-7-8-9-15(24-11-10-16(22)23)19-17(12(2)18-5)13(3)20(6)14(4)21/h9,18-19H,2,7-8,10-11H2,1,3-6H3,(H,22,23)/b15-9-,17-13+. The van der Waals surface area contributed by atoms with Crippen LogP contribution in [0.1, 0.15) is 40.0 Å². The maximum absolute atomic E-state index is 11.6. The Kier molecular flexibility index (Phi) is 10.7. The average Bonchev–Trinajstić information content (AvgIpc) is 2.54. The molecule has 0 rings (SSSR count). The molecule has 0 aliphatic carbocycles. The van der Waals surface area contributed by atoms with Gasteiger partial charge < -0.3 is 20.6 Å². The zero-order chi connectivity index (χ0) is 18.7. The first-order chi connectivity index (χ1) is 11.2. The number of amides is 1. The van der Waals surface area contributed by atoms with Gasteiger partial charge in [0.05, 0.1) is 22.8 Å². The zero-order valence-electron chi connectivity index (χ0n) is 15.2. The number of hydrogen-bond acceptors (Lipinski definition) is 5. The maximum Gasteiger partial charge on any atom is 0.304 e. The molecule has 0 fully saturated rings. The van der Waals surface area contributed by atoms with Gasteiger partial charge in [-0.2, -0.15) is 0 Å². The van der Waals surface area contributed by atoms with Crippen molar-refractivity contribution in [1.29, 1.82) is 0 Å². The number of carboxylic acids is 1. The number of carbonyl (C=O) groups is 2. The predicted octanol–water partition coefficient (Wildman–Crippen LogP) is 2.87. The monoisotopic (exact) mass is 355 g/mol. The number of likely N-dealkylation sites (N-methyl/N-ethyl adjacent to an activating group) is 1. The first-order valence-electron chi connectivity index (χ1n) is 7.88. The van der Waals surface area contributed by atoms with E-state index in [-0.39, 0.29) is 12.3 Å². The average molecular weight is 356 g/mol. The third-order valence-electron chi connectivity index (χ3n) is 3.38. The van der Waals surface area contributed by atoms with Gasteiger partial charge in [0.15, 0.2) is 0 Å². The third-order valence-corrected chi connectivity index (χ3v) is 4.37. The summed E-state index contributed by atoms with van der Waals surface area (Å²) in [5.74, 6) is -0.424. The molecule has 0 saturated carbocycles.